The van der Waals surface area contributed by atoms with Crippen molar-refractivity contribution in [3.8, 4) is 0 Å². The van der Waals surface area contributed by atoms with Crippen LogP contribution < -0.4 is 5.32 Å². The minimum Gasteiger partial charge on any atom is -0.467 e. The second-order valence-electron chi connectivity index (χ2n) is 4.42. The lowest BCUT2D eigenvalue weighted by Crippen LogP contribution is -2.21. The van der Waals surface area contributed by atoms with Crippen LogP contribution >= 0.6 is 0 Å². The molecule has 0 spiro atoms. The predicted octanol–water partition coefficient (Wildman–Crippen LogP) is 3.53. The van der Waals surface area contributed by atoms with E-state index in [9.17, 15) is 0 Å². The number of furan rings is 1. The van der Waals surface area contributed by atoms with Crippen molar-refractivity contribution in [3.05, 3.63) is 66.2 Å². The number of nitrogens with zero attached hydrogens (tertiary/aromatic N) is 1. The highest BCUT2D eigenvalue weighted by Gasteiger charge is 2.17. The van der Waals surface area contributed by atoms with E-state index >= 15 is 0 Å². The monoisotopic (exact) mass is 252 g/mol. The summed E-state index contributed by atoms with van der Waals surface area (Å²) in [7, 11) is 0. The fourth-order valence-electron chi connectivity index (χ4n) is 2.40. The SMILES string of the molecule is CCNC(c1ccco1)c1cccc2ncccc12. The summed E-state index contributed by atoms with van der Waals surface area (Å²) < 4.78 is 5.57. The van der Waals surface area contributed by atoms with E-state index in [0.29, 0.717) is 0 Å². The van der Waals surface area contributed by atoms with Crippen LogP contribution in [0.3, 0.4) is 0 Å². The first kappa shape index (κ1) is 11.9. The van der Waals surface area contributed by atoms with Crippen molar-refractivity contribution in [2.24, 2.45) is 0 Å². The van der Waals surface area contributed by atoms with Crippen molar-refractivity contribution in [2.75, 3.05) is 6.54 Å². The van der Waals surface area contributed by atoms with Gasteiger partial charge >= 0.3 is 0 Å². The van der Waals surface area contributed by atoms with Crippen molar-refractivity contribution in [2.45, 2.75) is 13.0 Å². The fraction of sp³-hybridized carbons (Fsp3) is 0.188. The van der Waals surface area contributed by atoms with Crippen LogP contribution in [0.5, 0.6) is 0 Å². The van der Waals surface area contributed by atoms with E-state index < -0.39 is 0 Å². The third-order valence-electron chi connectivity index (χ3n) is 3.23. The van der Waals surface area contributed by atoms with Gasteiger partial charge in [-0.15, -0.1) is 0 Å². The van der Waals surface area contributed by atoms with Crippen LogP contribution in [0.4, 0.5) is 0 Å². The molecule has 0 aliphatic carbocycles. The van der Waals surface area contributed by atoms with Crippen molar-refractivity contribution in [1.29, 1.82) is 0 Å². The minimum atomic E-state index is 0.0629. The highest BCUT2D eigenvalue weighted by atomic mass is 16.3. The largest absolute Gasteiger partial charge is 0.467 e. The molecule has 0 aliphatic rings. The lowest BCUT2D eigenvalue weighted by molar-refractivity contribution is 0.453. The molecule has 0 aliphatic heterocycles. The Balaban J connectivity index is 2.15. The van der Waals surface area contributed by atoms with Crippen molar-refractivity contribution >= 4 is 10.9 Å². The molecule has 0 radical (unpaired) electrons. The Bertz CT molecular complexity index is 656. The average molecular weight is 252 g/mol. The summed E-state index contributed by atoms with van der Waals surface area (Å²) in [4.78, 5) is 4.41. The zero-order valence-corrected chi connectivity index (χ0v) is 10.8. The molecule has 0 amide bonds. The Morgan fingerprint density at radius 1 is 1.16 bits per heavy atom. The zero-order chi connectivity index (χ0) is 13.1. The maximum atomic E-state index is 5.57. The first-order valence-electron chi connectivity index (χ1n) is 6.50. The van der Waals surface area contributed by atoms with Gasteiger partial charge in [0, 0.05) is 11.6 Å². The Labute approximate surface area is 112 Å². The maximum absolute atomic E-state index is 5.57. The summed E-state index contributed by atoms with van der Waals surface area (Å²) in [5, 5.41) is 4.63. The molecular formula is C16H16N2O. The Hall–Kier alpha value is -2.13. The number of aromatic nitrogens is 1. The van der Waals surface area contributed by atoms with Crippen LogP contribution in [0.1, 0.15) is 24.3 Å². The van der Waals surface area contributed by atoms with Crippen molar-refractivity contribution in [1.82, 2.24) is 10.3 Å². The standard InChI is InChI=1S/C16H16N2O/c1-2-17-16(15-9-5-11-19-15)13-6-3-8-14-12(13)7-4-10-18-14/h3-11,16-17H,2H2,1H3. The molecule has 1 aromatic carbocycles. The van der Waals surface area contributed by atoms with Crippen molar-refractivity contribution < 1.29 is 4.42 Å². The molecule has 0 saturated carbocycles. The van der Waals surface area contributed by atoms with Crippen LogP contribution in [-0.2, 0) is 0 Å². The Morgan fingerprint density at radius 2 is 2.11 bits per heavy atom. The number of nitrogens with one attached hydrogen (secondary N) is 1. The third kappa shape index (κ3) is 2.25. The smallest absolute Gasteiger partial charge is 0.125 e. The van der Waals surface area contributed by atoms with E-state index in [1.165, 1.54) is 5.56 Å². The van der Waals surface area contributed by atoms with Gasteiger partial charge in [0.1, 0.15) is 5.76 Å². The highest BCUT2D eigenvalue weighted by molar-refractivity contribution is 5.82. The molecule has 3 heteroatoms. The van der Waals surface area contributed by atoms with E-state index in [0.717, 1.165) is 23.2 Å². The molecule has 96 valence electrons. The molecule has 0 saturated heterocycles. The molecule has 1 atom stereocenters. The topological polar surface area (TPSA) is 38.1 Å². The van der Waals surface area contributed by atoms with E-state index in [4.69, 9.17) is 4.42 Å². The third-order valence-corrected chi connectivity index (χ3v) is 3.23. The molecule has 3 nitrogen and oxygen atoms in total. The summed E-state index contributed by atoms with van der Waals surface area (Å²) >= 11 is 0. The van der Waals surface area contributed by atoms with Crippen LogP contribution in [0.2, 0.25) is 0 Å². The van der Waals surface area contributed by atoms with Gasteiger partial charge in [-0.1, -0.05) is 25.1 Å². The number of hydrogen-bond acceptors (Lipinski definition) is 3. The molecule has 0 bridgehead atoms. The number of hydrogen-bond donors (Lipinski definition) is 1. The number of benzene rings is 1. The van der Waals surface area contributed by atoms with Gasteiger partial charge in [0.15, 0.2) is 0 Å². The van der Waals surface area contributed by atoms with Crippen LogP contribution in [-0.4, -0.2) is 11.5 Å². The lowest BCUT2D eigenvalue weighted by Gasteiger charge is -2.17. The number of rotatable bonds is 4. The summed E-state index contributed by atoms with van der Waals surface area (Å²) in [6.07, 6.45) is 3.53. The normalized spacial score (nSPS) is 12.7. The molecule has 1 unspecified atom stereocenters. The van der Waals surface area contributed by atoms with Gasteiger partial charge in [-0.05, 0) is 36.4 Å². The van der Waals surface area contributed by atoms with Gasteiger partial charge in [-0.2, -0.15) is 0 Å². The first-order chi connectivity index (χ1) is 9.40. The Morgan fingerprint density at radius 3 is 2.89 bits per heavy atom. The minimum absolute atomic E-state index is 0.0629. The first-order valence-corrected chi connectivity index (χ1v) is 6.50. The van der Waals surface area contributed by atoms with Crippen LogP contribution in [0, 0.1) is 0 Å². The Kier molecular flexibility index (Phi) is 3.29. The zero-order valence-electron chi connectivity index (χ0n) is 10.8. The van der Waals surface area contributed by atoms with Crippen LogP contribution in [0.25, 0.3) is 10.9 Å². The van der Waals surface area contributed by atoms with Gasteiger partial charge in [0.05, 0.1) is 17.8 Å². The molecule has 2 heterocycles. The van der Waals surface area contributed by atoms with E-state index in [2.05, 4.69) is 29.4 Å². The van der Waals surface area contributed by atoms with Gasteiger partial charge in [0.25, 0.3) is 0 Å². The number of pyridine rings is 1. The summed E-state index contributed by atoms with van der Waals surface area (Å²) in [6, 6.07) is 14.3. The molecular weight excluding hydrogens is 236 g/mol. The van der Waals surface area contributed by atoms with Crippen LogP contribution in [0.15, 0.2) is 59.3 Å². The summed E-state index contributed by atoms with van der Waals surface area (Å²) in [6.45, 7) is 2.97. The predicted molar refractivity (Wildman–Crippen MR) is 76.0 cm³/mol. The van der Waals surface area contributed by atoms with Gasteiger partial charge in [-0.3, -0.25) is 4.98 Å². The van der Waals surface area contributed by atoms with E-state index in [1.54, 1.807) is 6.26 Å². The molecule has 3 aromatic rings. The average Bonchev–Trinajstić information content (AvgIpc) is 2.98. The summed E-state index contributed by atoms with van der Waals surface area (Å²) in [5.74, 6) is 0.929. The second-order valence-corrected chi connectivity index (χ2v) is 4.42. The lowest BCUT2D eigenvalue weighted by atomic mass is 9.99. The van der Waals surface area contributed by atoms with E-state index in [-0.39, 0.29) is 6.04 Å². The quantitative estimate of drug-likeness (QED) is 0.772. The highest BCUT2D eigenvalue weighted by Crippen LogP contribution is 2.28. The molecule has 19 heavy (non-hydrogen) atoms. The van der Waals surface area contributed by atoms with Gasteiger partial charge in [0.2, 0.25) is 0 Å². The van der Waals surface area contributed by atoms with E-state index in [1.807, 2.05) is 36.5 Å². The molecule has 1 N–H and O–H groups in total. The summed E-state index contributed by atoms with van der Waals surface area (Å²) in [5.41, 5.74) is 2.21. The number of fused-ring (bicyclic) bond motifs is 1. The second kappa shape index (κ2) is 5.24. The van der Waals surface area contributed by atoms with Gasteiger partial charge in [-0.25, -0.2) is 0 Å². The molecule has 0 fully saturated rings. The van der Waals surface area contributed by atoms with Crippen molar-refractivity contribution in [3.63, 3.8) is 0 Å². The molecule has 2 aromatic heterocycles. The molecule has 3 rings (SSSR count). The van der Waals surface area contributed by atoms with Gasteiger partial charge < -0.3 is 9.73 Å². The maximum Gasteiger partial charge on any atom is 0.125 e. The fourth-order valence-corrected chi connectivity index (χ4v) is 2.40.